The van der Waals surface area contributed by atoms with E-state index in [4.69, 9.17) is 9.47 Å². The second kappa shape index (κ2) is 11.8. The molecular formula is C31H32F2N4O7. The summed E-state index contributed by atoms with van der Waals surface area (Å²) in [6.07, 6.45) is 3.27. The summed E-state index contributed by atoms with van der Waals surface area (Å²) in [4.78, 5) is 51.1. The molecular weight excluding hydrogens is 578 g/mol. The van der Waals surface area contributed by atoms with Crippen molar-refractivity contribution < 1.29 is 37.7 Å². The molecule has 0 spiro atoms. The van der Waals surface area contributed by atoms with Crippen LogP contribution in [-0.4, -0.2) is 66.0 Å². The van der Waals surface area contributed by atoms with Crippen molar-refractivity contribution >= 4 is 40.2 Å². The lowest BCUT2D eigenvalue weighted by Gasteiger charge is -2.25. The number of carbonyl (C=O) groups excluding carboxylic acids is 2. The highest BCUT2D eigenvalue weighted by molar-refractivity contribution is 5.93. The summed E-state index contributed by atoms with van der Waals surface area (Å²) in [5.41, 5.74) is 0.0437. The number of rotatable bonds is 8. The van der Waals surface area contributed by atoms with Gasteiger partial charge in [-0.25, -0.2) is 18.4 Å². The van der Waals surface area contributed by atoms with Crippen LogP contribution in [0.4, 0.5) is 25.0 Å². The van der Waals surface area contributed by atoms with E-state index in [-0.39, 0.29) is 47.8 Å². The number of carboxylic acid groups (broad SMARTS) is 1. The van der Waals surface area contributed by atoms with Gasteiger partial charge in [0, 0.05) is 50.1 Å². The van der Waals surface area contributed by atoms with Crippen LogP contribution in [0.25, 0.3) is 10.9 Å². The van der Waals surface area contributed by atoms with Gasteiger partial charge in [0.05, 0.1) is 30.0 Å². The summed E-state index contributed by atoms with van der Waals surface area (Å²) in [7, 11) is 0. The molecule has 3 aliphatic rings. The summed E-state index contributed by atoms with van der Waals surface area (Å²) in [6.45, 7) is 2.63. The van der Waals surface area contributed by atoms with Crippen LogP contribution in [-0.2, 0) is 9.53 Å². The number of carbonyl (C=O) groups is 3. The normalized spacial score (nSPS) is 20.4. The standard InChI is InChI=1S/C31H32F2N4O7/c1-17(38)34-14-21-15-37(31(42)44-21)19-6-7-28(25(33)11-19)43-20-3-2-9-35(10-8-20)27-13-26-22(12-24(27)32)29(39)23(30(40)41)16-36(26)18-4-5-18/h6-7,11-13,16,18,20-21H,2-5,8-10,14-15H2,1H3,(H,34,38)(H,40,41)/t20?,21-/m0/s1. The maximum absolute atomic E-state index is 15.4. The minimum atomic E-state index is -1.34. The molecule has 44 heavy (non-hydrogen) atoms. The molecule has 2 atom stereocenters. The Bertz CT molecular complexity index is 1710. The Morgan fingerprint density at radius 3 is 2.57 bits per heavy atom. The van der Waals surface area contributed by atoms with Crippen molar-refractivity contribution in [2.75, 3.05) is 36.0 Å². The van der Waals surface area contributed by atoms with E-state index in [0.717, 1.165) is 18.9 Å². The average Bonchev–Trinajstić information content (AvgIpc) is 3.79. The zero-order chi connectivity index (χ0) is 31.1. The molecule has 232 valence electrons. The number of amides is 2. The molecule has 2 amide bonds. The summed E-state index contributed by atoms with van der Waals surface area (Å²) >= 11 is 0. The van der Waals surface area contributed by atoms with Crippen molar-refractivity contribution in [3.05, 3.63) is 63.9 Å². The van der Waals surface area contributed by atoms with Crippen LogP contribution in [0.1, 0.15) is 55.4 Å². The number of carboxylic acids is 1. The number of nitrogens with one attached hydrogen (secondary N) is 1. The van der Waals surface area contributed by atoms with E-state index >= 15 is 8.78 Å². The maximum atomic E-state index is 15.4. The quantitative estimate of drug-likeness (QED) is 0.388. The molecule has 13 heteroatoms. The van der Waals surface area contributed by atoms with Gasteiger partial charge in [0.15, 0.2) is 11.6 Å². The van der Waals surface area contributed by atoms with E-state index in [0.29, 0.717) is 49.2 Å². The predicted octanol–water partition coefficient (Wildman–Crippen LogP) is 4.21. The van der Waals surface area contributed by atoms with Crippen molar-refractivity contribution in [2.24, 2.45) is 0 Å². The first-order valence-corrected chi connectivity index (χ1v) is 14.6. The molecule has 2 saturated heterocycles. The van der Waals surface area contributed by atoms with Crippen LogP contribution in [0.5, 0.6) is 5.75 Å². The van der Waals surface area contributed by atoms with Gasteiger partial charge in [-0.1, -0.05) is 0 Å². The van der Waals surface area contributed by atoms with Crippen LogP contribution >= 0.6 is 0 Å². The summed E-state index contributed by atoms with van der Waals surface area (Å²) in [5, 5.41) is 12.1. The smallest absolute Gasteiger partial charge is 0.414 e. The molecule has 1 unspecified atom stereocenters. The fourth-order valence-electron chi connectivity index (χ4n) is 5.86. The van der Waals surface area contributed by atoms with E-state index in [1.54, 1.807) is 16.7 Å². The lowest BCUT2D eigenvalue weighted by atomic mass is 10.1. The largest absolute Gasteiger partial charge is 0.487 e. The van der Waals surface area contributed by atoms with Crippen molar-refractivity contribution in [1.82, 2.24) is 9.88 Å². The van der Waals surface area contributed by atoms with Gasteiger partial charge in [0.2, 0.25) is 11.3 Å². The van der Waals surface area contributed by atoms with Gasteiger partial charge in [0.1, 0.15) is 23.6 Å². The Hall–Kier alpha value is -4.68. The SMILES string of the molecule is CC(=O)NC[C@H]1CN(c2ccc(OC3CCCN(c4cc5c(cc4F)c(=O)c(C(=O)O)cn5C4CC4)CC3)c(F)c2)C(=O)O1. The number of pyridine rings is 1. The van der Waals surface area contributed by atoms with E-state index in [1.165, 1.54) is 30.2 Å². The molecule has 3 heterocycles. The number of anilines is 2. The Kier molecular flexibility index (Phi) is 7.87. The highest BCUT2D eigenvalue weighted by Crippen LogP contribution is 2.38. The number of benzene rings is 2. The first kappa shape index (κ1) is 29.4. The average molecular weight is 611 g/mol. The van der Waals surface area contributed by atoms with E-state index in [9.17, 15) is 24.3 Å². The molecule has 11 nitrogen and oxygen atoms in total. The third-order valence-corrected chi connectivity index (χ3v) is 8.26. The number of aromatic nitrogens is 1. The van der Waals surface area contributed by atoms with Gasteiger partial charge in [-0.3, -0.25) is 14.5 Å². The molecule has 3 aromatic rings. The van der Waals surface area contributed by atoms with Gasteiger partial charge in [-0.05, 0) is 49.9 Å². The van der Waals surface area contributed by atoms with Gasteiger partial charge in [-0.2, -0.15) is 0 Å². The van der Waals surface area contributed by atoms with Crippen LogP contribution in [0.2, 0.25) is 0 Å². The number of nitrogens with zero attached hydrogens (tertiary/aromatic N) is 3. The van der Waals surface area contributed by atoms with Crippen LogP contribution in [0.3, 0.4) is 0 Å². The molecule has 3 fully saturated rings. The molecule has 1 aromatic heterocycles. The predicted molar refractivity (Wildman–Crippen MR) is 157 cm³/mol. The molecule has 2 N–H and O–H groups in total. The lowest BCUT2D eigenvalue weighted by molar-refractivity contribution is -0.119. The van der Waals surface area contributed by atoms with Gasteiger partial charge in [0.25, 0.3) is 0 Å². The van der Waals surface area contributed by atoms with Crippen molar-refractivity contribution in [3.63, 3.8) is 0 Å². The van der Waals surface area contributed by atoms with E-state index in [2.05, 4.69) is 5.32 Å². The Morgan fingerprint density at radius 2 is 1.86 bits per heavy atom. The highest BCUT2D eigenvalue weighted by Gasteiger charge is 2.33. The minimum Gasteiger partial charge on any atom is -0.487 e. The Labute approximate surface area is 250 Å². The highest BCUT2D eigenvalue weighted by atomic mass is 19.1. The summed E-state index contributed by atoms with van der Waals surface area (Å²) < 4.78 is 43.6. The second-order valence-corrected chi connectivity index (χ2v) is 11.5. The third kappa shape index (κ3) is 5.90. The van der Waals surface area contributed by atoms with Crippen molar-refractivity contribution in [2.45, 2.75) is 57.3 Å². The van der Waals surface area contributed by atoms with Gasteiger partial charge >= 0.3 is 12.1 Å². The number of aromatic carboxylic acids is 1. The molecule has 6 rings (SSSR count). The van der Waals surface area contributed by atoms with E-state index < -0.39 is 35.2 Å². The van der Waals surface area contributed by atoms with Gasteiger partial charge in [-0.15, -0.1) is 0 Å². The molecule has 2 aromatic carbocycles. The molecule has 2 aliphatic heterocycles. The van der Waals surface area contributed by atoms with Gasteiger partial charge < -0.3 is 29.4 Å². The number of hydrogen-bond donors (Lipinski definition) is 2. The van der Waals surface area contributed by atoms with Crippen molar-refractivity contribution in [3.8, 4) is 5.75 Å². The summed E-state index contributed by atoms with van der Waals surface area (Å²) in [6, 6.07) is 7.07. The minimum absolute atomic E-state index is 0.0362. The Morgan fingerprint density at radius 1 is 1.07 bits per heavy atom. The van der Waals surface area contributed by atoms with Crippen LogP contribution in [0.15, 0.2) is 41.3 Å². The first-order valence-electron chi connectivity index (χ1n) is 14.6. The number of fused-ring (bicyclic) bond motifs is 1. The monoisotopic (exact) mass is 610 g/mol. The Balaban J connectivity index is 1.15. The zero-order valence-electron chi connectivity index (χ0n) is 24.1. The third-order valence-electron chi connectivity index (χ3n) is 8.26. The zero-order valence-corrected chi connectivity index (χ0v) is 24.1. The molecule has 1 aliphatic carbocycles. The fourth-order valence-corrected chi connectivity index (χ4v) is 5.86. The summed E-state index contributed by atoms with van der Waals surface area (Å²) in [5.74, 6) is -2.80. The topological polar surface area (TPSA) is 130 Å². The number of halogens is 2. The maximum Gasteiger partial charge on any atom is 0.414 e. The second-order valence-electron chi connectivity index (χ2n) is 11.5. The van der Waals surface area contributed by atoms with Crippen LogP contribution < -0.4 is 25.3 Å². The van der Waals surface area contributed by atoms with E-state index in [1.807, 2.05) is 4.90 Å². The fraction of sp³-hybridized carbons (Fsp3) is 0.419. The first-order chi connectivity index (χ1) is 21.1. The number of cyclic esters (lactones) is 1. The molecule has 0 radical (unpaired) electrons. The van der Waals surface area contributed by atoms with Crippen molar-refractivity contribution in [1.29, 1.82) is 0 Å². The number of hydrogen-bond acceptors (Lipinski definition) is 7. The molecule has 0 bridgehead atoms. The van der Waals surface area contributed by atoms with Crippen LogP contribution in [0, 0.1) is 11.6 Å². The number of ether oxygens (including phenoxy) is 2. The molecule has 1 saturated carbocycles. The lowest BCUT2D eigenvalue weighted by Crippen LogP contribution is -2.33.